The van der Waals surface area contributed by atoms with E-state index in [4.69, 9.17) is 5.73 Å². The van der Waals surface area contributed by atoms with Crippen LogP contribution in [0, 0.1) is 13.8 Å². The number of amides is 1. The van der Waals surface area contributed by atoms with E-state index in [9.17, 15) is 4.79 Å². The smallest absolute Gasteiger partial charge is 0.234 e. The van der Waals surface area contributed by atoms with E-state index in [1.165, 1.54) is 11.8 Å². The molecule has 1 aromatic heterocycles. The van der Waals surface area contributed by atoms with Gasteiger partial charge in [0.1, 0.15) is 5.82 Å². The first-order chi connectivity index (χ1) is 9.47. The largest absolute Gasteiger partial charge is 0.399 e. The normalized spacial score (nSPS) is 10.6. The van der Waals surface area contributed by atoms with Crippen molar-refractivity contribution in [2.24, 2.45) is 7.05 Å². The number of nitrogens with two attached hydrogens (primary N) is 1. The Morgan fingerprint density at radius 1 is 1.40 bits per heavy atom. The molecule has 20 heavy (non-hydrogen) atoms. The average Bonchev–Trinajstić information content (AvgIpc) is 2.71. The zero-order valence-electron chi connectivity index (χ0n) is 11.7. The molecule has 1 heterocycles. The van der Waals surface area contributed by atoms with Gasteiger partial charge in [-0.1, -0.05) is 11.8 Å². The molecular weight excluding hydrogens is 274 g/mol. The fourth-order valence-electron chi connectivity index (χ4n) is 1.66. The van der Waals surface area contributed by atoms with Gasteiger partial charge in [0, 0.05) is 18.4 Å². The SMILES string of the molecule is Cc1cc(N)ccc1NC(=O)CSc1nnc(C)n1C. The molecule has 0 aliphatic carbocycles. The first-order valence-electron chi connectivity index (χ1n) is 6.12. The van der Waals surface area contributed by atoms with Crippen LogP contribution >= 0.6 is 11.8 Å². The summed E-state index contributed by atoms with van der Waals surface area (Å²) in [5.74, 6) is 1.03. The second-order valence-corrected chi connectivity index (χ2v) is 5.44. The molecule has 0 spiro atoms. The van der Waals surface area contributed by atoms with Crippen LogP contribution in [0.4, 0.5) is 11.4 Å². The van der Waals surface area contributed by atoms with Crippen molar-refractivity contribution in [1.82, 2.24) is 14.8 Å². The number of anilines is 2. The number of aryl methyl sites for hydroxylation is 2. The lowest BCUT2D eigenvalue weighted by Gasteiger charge is -2.08. The highest BCUT2D eigenvalue weighted by Crippen LogP contribution is 2.19. The summed E-state index contributed by atoms with van der Waals surface area (Å²) >= 11 is 1.36. The quantitative estimate of drug-likeness (QED) is 0.662. The predicted octanol–water partition coefficient (Wildman–Crippen LogP) is 1.74. The van der Waals surface area contributed by atoms with Gasteiger partial charge in [0.15, 0.2) is 5.16 Å². The van der Waals surface area contributed by atoms with Gasteiger partial charge < -0.3 is 15.6 Å². The van der Waals surface area contributed by atoms with Gasteiger partial charge in [0.05, 0.1) is 5.75 Å². The number of nitrogens with one attached hydrogen (secondary N) is 1. The second kappa shape index (κ2) is 5.96. The Hall–Kier alpha value is -2.02. The Balaban J connectivity index is 1.94. The molecule has 0 unspecified atom stereocenters. The standard InChI is InChI=1S/C13H17N5OS/c1-8-6-10(14)4-5-11(8)15-12(19)7-20-13-17-16-9(2)18(13)3/h4-6H,7,14H2,1-3H3,(H,15,19). The molecule has 0 atom stereocenters. The minimum Gasteiger partial charge on any atom is -0.399 e. The zero-order valence-corrected chi connectivity index (χ0v) is 12.5. The van der Waals surface area contributed by atoms with Crippen LogP contribution in [0.15, 0.2) is 23.4 Å². The van der Waals surface area contributed by atoms with Crippen LogP contribution in [0.25, 0.3) is 0 Å². The van der Waals surface area contributed by atoms with E-state index in [-0.39, 0.29) is 11.7 Å². The topological polar surface area (TPSA) is 85.8 Å². The van der Waals surface area contributed by atoms with Crippen LogP contribution in [-0.2, 0) is 11.8 Å². The summed E-state index contributed by atoms with van der Waals surface area (Å²) < 4.78 is 1.85. The summed E-state index contributed by atoms with van der Waals surface area (Å²) in [4.78, 5) is 11.9. The number of rotatable bonds is 4. The van der Waals surface area contributed by atoms with Crippen molar-refractivity contribution in [3.63, 3.8) is 0 Å². The lowest BCUT2D eigenvalue weighted by Crippen LogP contribution is -2.15. The van der Waals surface area contributed by atoms with Gasteiger partial charge in [-0.15, -0.1) is 10.2 Å². The first-order valence-corrected chi connectivity index (χ1v) is 7.10. The van der Waals surface area contributed by atoms with E-state index in [0.29, 0.717) is 5.69 Å². The Labute approximate surface area is 121 Å². The molecule has 0 radical (unpaired) electrons. The molecule has 2 rings (SSSR count). The molecule has 0 bridgehead atoms. The maximum Gasteiger partial charge on any atom is 0.234 e. The first kappa shape index (κ1) is 14.4. The average molecular weight is 291 g/mol. The third-order valence-corrected chi connectivity index (χ3v) is 3.93. The second-order valence-electron chi connectivity index (χ2n) is 4.50. The molecule has 0 fully saturated rings. The molecule has 1 aromatic carbocycles. The van der Waals surface area contributed by atoms with Crippen molar-refractivity contribution in [3.8, 4) is 0 Å². The minimum atomic E-state index is -0.0801. The number of carbonyl (C=O) groups is 1. The highest BCUT2D eigenvalue weighted by molar-refractivity contribution is 7.99. The molecule has 0 saturated heterocycles. The van der Waals surface area contributed by atoms with Crippen molar-refractivity contribution >= 4 is 29.0 Å². The summed E-state index contributed by atoms with van der Waals surface area (Å²) in [5, 5.41) is 11.5. The van der Waals surface area contributed by atoms with Crippen LogP contribution in [0.3, 0.4) is 0 Å². The van der Waals surface area contributed by atoms with Gasteiger partial charge in [0.25, 0.3) is 0 Å². The van der Waals surface area contributed by atoms with Gasteiger partial charge in [-0.2, -0.15) is 0 Å². The third-order valence-electron chi connectivity index (χ3n) is 2.91. The van der Waals surface area contributed by atoms with Gasteiger partial charge >= 0.3 is 0 Å². The van der Waals surface area contributed by atoms with Crippen LogP contribution in [0.2, 0.25) is 0 Å². The minimum absolute atomic E-state index is 0.0801. The number of nitrogens with zero attached hydrogens (tertiary/aromatic N) is 3. The van der Waals surface area contributed by atoms with E-state index in [0.717, 1.165) is 22.2 Å². The molecule has 2 aromatic rings. The Morgan fingerprint density at radius 3 is 2.75 bits per heavy atom. The van der Waals surface area contributed by atoms with E-state index < -0.39 is 0 Å². The molecule has 0 aliphatic heterocycles. The van der Waals surface area contributed by atoms with Crippen molar-refractivity contribution in [1.29, 1.82) is 0 Å². The van der Waals surface area contributed by atoms with E-state index in [1.54, 1.807) is 12.1 Å². The van der Waals surface area contributed by atoms with Crippen LogP contribution in [0.5, 0.6) is 0 Å². The lowest BCUT2D eigenvalue weighted by atomic mass is 10.2. The van der Waals surface area contributed by atoms with Crippen molar-refractivity contribution in [2.75, 3.05) is 16.8 Å². The van der Waals surface area contributed by atoms with Gasteiger partial charge in [0.2, 0.25) is 5.91 Å². The Kier molecular flexibility index (Phi) is 4.29. The lowest BCUT2D eigenvalue weighted by molar-refractivity contribution is -0.113. The van der Waals surface area contributed by atoms with Gasteiger partial charge in [-0.3, -0.25) is 4.79 Å². The fourth-order valence-corrected chi connectivity index (χ4v) is 2.41. The van der Waals surface area contributed by atoms with Crippen molar-refractivity contribution < 1.29 is 4.79 Å². The molecule has 3 N–H and O–H groups in total. The number of hydrogen-bond acceptors (Lipinski definition) is 5. The number of benzene rings is 1. The molecule has 7 heteroatoms. The molecule has 0 saturated carbocycles. The van der Waals surface area contributed by atoms with E-state index in [1.807, 2.05) is 31.5 Å². The van der Waals surface area contributed by atoms with Gasteiger partial charge in [-0.05, 0) is 37.6 Å². The molecule has 0 aliphatic rings. The van der Waals surface area contributed by atoms with E-state index in [2.05, 4.69) is 15.5 Å². The zero-order chi connectivity index (χ0) is 14.7. The van der Waals surface area contributed by atoms with Gasteiger partial charge in [-0.25, -0.2) is 0 Å². The van der Waals surface area contributed by atoms with Crippen LogP contribution in [-0.4, -0.2) is 26.4 Å². The molecule has 106 valence electrons. The predicted molar refractivity (Wildman–Crippen MR) is 80.7 cm³/mol. The number of hydrogen-bond donors (Lipinski definition) is 2. The van der Waals surface area contributed by atoms with Crippen molar-refractivity contribution in [2.45, 2.75) is 19.0 Å². The van der Waals surface area contributed by atoms with Crippen LogP contribution in [0.1, 0.15) is 11.4 Å². The highest BCUT2D eigenvalue weighted by Gasteiger charge is 2.10. The molecular formula is C13H17N5OS. The molecule has 6 nitrogen and oxygen atoms in total. The van der Waals surface area contributed by atoms with E-state index >= 15 is 0 Å². The Morgan fingerprint density at radius 2 is 2.15 bits per heavy atom. The number of nitrogen functional groups attached to an aromatic ring is 1. The summed E-state index contributed by atoms with van der Waals surface area (Å²) in [6.07, 6.45) is 0. The monoisotopic (exact) mass is 291 g/mol. The van der Waals surface area contributed by atoms with Crippen molar-refractivity contribution in [3.05, 3.63) is 29.6 Å². The highest BCUT2D eigenvalue weighted by atomic mass is 32.2. The maximum atomic E-state index is 11.9. The Bertz CT molecular complexity index is 638. The summed E-state index contributed by atoms with van der Waals surface area (Å²) in [7, 11) is 1.87. The number of aromatic nitrogens is 3. The summed E-state index contributed by atoms with van der Waals surface area (Å²) in [5.41, 5.74) is 8.08. The summed E-state index contributed by atoms with van der Waals surface area (Å²) in [6.45, 7) is 3.78. The summed E-state index contributed by atoms with van der Waals surface area (Å²) in [6, 6.07) is 5.40. The fraction of sp³-hybridized carbons (Fsp3) is 0.308. The third kappa shape index (κ3) is 3.30. The maximum absolute atomic E-state index is 11.9. The number of thioether (sulfide) groups is 1. The molecule has 1 amide bonds. The van der Waals surface area contributed by atoms with Crippen LogP contribution < -0.4 is 11.1 Å². The number of carbonyl (C=O) groups excluding carboxylic acids is 1.